The molecule has 0 fully saturated rings. The number of hydrogen-bond donors (Lipinski definition) is 1. The molecule has 1 aromatic rings. The molecule has 0 bridgehead atoms. The Kier molecular flexibility index (Phi) is 4.58. The van der Waals surface area contributed by atoms with Gasteiger partial charge in [0.2, 0.25) is 0 Å². The molecule has 1 rings (SSSR count). The van der Waals surface area contributed by atoms with Crippen molar-refractivity contribution >= 4 is 11.6 Å². The van der Waals surface area contributed by atoms with Crippen LogP contribution in [0.5, 0.6) is 0 Å². The van der Waals surface area contributed by atoms with Gasteiger partial charge in [-0.05, 0) is 18.4 Å². The summed E-state index contributed by atoms with van der Waals surface area (Å²) in [5, 5.41) is 0.853. The van der Waals surface area contributed by atoms with Crippen molar-refractivity contribution in [3.05, 3.63) is 47.0 Å². The third-order valence-electron chi connectivity index (χ3n) is 1.83. The first kappa shape index (κ1) is 10.3. The summed E-state index contributed by atoms with van der Waals surface area (Å²) < 4.78 is 0. The number of allylic oxidation sites excluding steroid dienone is 1. The van der Waals surface area contributed by atoms with Crippen LogP contribution in [0.4, 0.5) is 0 Å². The molecule has 0 amide bonds. The molecule has 2 N–H and O–H groups in total. The Bertz CT molecular complexity index is 267. The van der Waals surface area contributed by atoms with Crippen molar-refractivity contribution in [1.29, 1.82) is 0 Å². The molecule has 0 saturated heterocycles. The van der Waals surface area contributed by atoms with Crippen molar-refractivity contribution in [2.24, 2.45) is 5.73 Å². The van der Waals surface area contributed by atoms with Crippen LogP contribution in [-0.2, 0) is 6.42 Å². The van der Waals surface area contributed by atoms with Crippen LogP contribution < -0.4 is 5.73 Å². The van der Waals surface area contributed by atoms with E-state index in [-0.39, 0.29) is 0 Å². The van der Waals surface area contributed by atoms with E-state index in [1.807, 2.05) is 24.3 Å². The van der Waals surface area contributed by atoms with Crippen molar-refractivity contribution < 1.29 is 0 Å². The van der Waals surface area contributed by atoms with Crippen LogP contribution in [0.1, 0.15) is 12.0 Å². The van der Waals surface area contributed by atoms with E-state index in [1.165, 1.54) is 5.56 Å². The molecule has 0 atom stereocenters. The number of hydrogen-bond acceptors (Lipinski definition) is 1. The smallest absolute Gasteiger partial charge is 0.0157 e. The van der Waals surface area contributed by atoms with Gasteiger partial charge < -0.3 is 5.73 Å². The largest absolute Gasteiger partial charge is 0.327 e. The minimum absolute atomic E-state index is 0.521. The Hall–Kier alpha value is -0.790. The number of halogens is 1. The Morgan fingerprint density at radius 1 is 1.31 bits per heavy atom. The highest BCUT2D eigenvalue weighted by Gasteiger charge is 1.94. The Morgan fingerprint density at radius 2 is 2.00 bits per heavy atom. The molecule has 0 aliphatic carbocycles. The quantitative estimate of drug-likeness (QED) is 0.786. The van der Waals surface area contributed by atoms with Crippen molar-refractivity contribution in [3.63, 3.8) is 0 Å². The van der Waals surface area contributed by atoms with Crippen molar-refractivity contribution in [2.75, 3.05) is 6.54 Å². The van der Waals surface area contributed by atoms with Gasteiger partial charge in [-0.25, -0.2) is 0 Å². The predicted molar refractivity (Wildman–Crippen MR) is 57.8 cm³/mol. The van der Waals surface area contributed by atoms with E-state index in [4.69, 9.17) is 17.3 Å². The van der Waals surface area contributed by atoms with E-state index >= 15 is 0 Å². The van der Waals surface area contributed by atoms with Gasteiger partial charge in [-0.1, -0.05) is 48.0 Å². The summed E-state index contributed by atoms with van der Waals surface area (Å²) in [6.07, 6.45) is 3.71. The maximum atomic E-state index is 5.91. The van der Waals surface area contributed by atoms with Crippen LogP contribution in [-0.4, -0.2) is 6.54 Å². The summed E-state index contributed by atoms with van der Waals surface area (Å²) in [5.41, 5.74) is 6.65. The molecule has 1 nitrogen and oxygen atoms in total. The molecule has 13 heavy (non-hydrogen) atoms. The first-order valence-corrected chi connectivity index (χ1v) is 4.79. The van der Waals surface area contributed by atoms with Crippen LogP contribution in [0.2, 0.25) is 0 Å². The lowest BCUT2D eigenvalue weighted by Gasteiger charge is -1.99. The average Bonchev–Trinajstić information content (AvgIpc) is 2.17. The number of benzene rings is 1. The van der Waals surface area contributed by atoms with Gasteiger partial charge in [0.05, 0.1) is 0 Å². The van der Waals surface area contributed by atoms with Crippen molar-refractivity contribution in [2.45, 2.75) is 12.8 Å². The molecule has 0 saturated carbocycles. The molecular weight excluding hydrogens is 182 g/mol. The zero-order valence-corrected chi connectivity index (χ0v) is 8.30. The molecule has 0 aromatic heterocycles. The van der Waals surface area contributed by atoms with Crippen LogP contribution in [0.15, 0.2) is 41.4 Å². The Labute approximate surface area is 84.2 Å². The fourth-order valence-electron chi connectivity index (χ4n) is 1.14. The fourth-order valence-corrected chi connectivity index (χ4v) is 1.32. The highest BCUT2D eigenvalue weighted by Crippen LogP contribution is 2.11. The molecular formula is C11H14ClN. The molecule has 0 unspecified atom stereocenters. The lowest BCUT2D eigenvalue weighted by atomic mass is 10.1. The first-order valence-electron chi connectivity index (χ1n) is 4.41. The summed E-state index contributed by atoms with van der Waals surface area (Å²) in [6, 6.07) is 10.3. The molecule has 0 heterocycles. The van der Waals surface area contributed by atoms with Gasteiger partial charge in [-0.2, -0.15) is 0 Å². The van der Waals surface area contributed by atoms with Crippen LogP contribution in [0, 0.1) is 0 Å². The van der Waals surface area contributed by atoms with Crippen LogP contribution >= 0.6 is 11.6 Å². The Balaban J connectivity index is 2.39. The zero-order chi connectivity index (χ0) is 9.52. The molecule has 70 valence electrons. The van der Waals surface area contributed by atoms with Gasteiger partial charge in [-0.15, -0.1) is 0 Å². The minimum Gasteiger partial charge on any atom is -0.327 e. The molecule has 0 spiro atoms. The predicted octanol–water partition coefficient (Wildman–Crippen LogP) is 2.70. The summed E-state index contributed by atoms with van der Waals surface area (Å²) in [6.45, 7) is 0.521. The SMILES string of the molecule is NC/C=C(/Cl)CCc1ccccc1. The van der Waals surface area contributed by atoms with E-state index in [9.17, 15) is 0 Å². The summed E-state index contributed by atoms with van der Waals surface area (Å²) in [7, 11) is 0. The molecule has 2 heteroatoms. The maximum absolute atomic E-state index is 5.91. The van der Waals surface area contributed by atoms with E-state index in [0.717, 1.165) is 17.9 Å². The van der Waals surface area contributed by atoms with Crippen LogP contribution in [0.3, 0.4) is 0 Å². The molecule has 0 aliphatic rings. The van der Waals surface area contributed by atoms with E-state index in [1.54, 1.807) is 0 Å². The fraction of sp³-hybridized carbons (Fsp3) is 0.273. The van der Waals surface area contributed by atoms with Crippen LogP contribution in [0.25, 0.3) is 0 Å². The topological polar surface area (TPSA) is 26.0 Å². The second kappa shape index (κ2) is 5.79. The third-order valence-corrected chi connectivity index (χ3v) is 2.18. The van der Waals surface area contributed by atoms with E-state index < -0.39 is 0 Å². The minimum atomic E-state index is 0.521. The molecule has 0 radical (unpaired) electrons. The highest BCUT2D eigenvalue weighted by atomic mass is 35.5. The number of aryl methyl sites for hydroxylation is 1. The second-order valence-corrected chi connectivity index (χ2v) is 3.36. The van der Waals surface area contributed by atoms with Gasteiger partial charge in [-0.3, -0.25) is 0 Å². The summed E-state index contributed by atoms with van der Waals surface area (Å²) >= 11 is 5.91. The van der Waals surface area contributed by atoms with Gasteiger partial charge >= 0.3 is 0 Å². The van der Waals surface area contributed by atoms with E-state index in [2.05, 4.69) is 12.1 Å². The first-order chi connectivity index (χ1) is 6.33. The van der Waals surface area contributed by atoms with E-state index in [0.29, 0.717) is 6.54 Å². The molecule has 1 aromatic carbocycles. The van der Waals surface area contributed by atoms with Gasteiger partial charge in [0.1, 0.15) is 0 Å². The standard InChI is InChI=1S/C11H14ClN/c12-11(8-9-13)7-6-10-4-2-1-3-5-10/h1-5,8H,6-7,9,13H2/b11-8+. The zero-order valence-electron chi connectivity index (χ0n) is 7.54. The average molecular weight is 196 g/mol. The normalized spacial score (nSPS) is 11.7. The number of nitrogens with two attached hydrogens (primary N) is 1. The monoisotopic (exact) mass is 195 g/mol. The maximum Gasteiger partial charge on any atom is 0.0157 e. The van der Waals surface area contributed by atoms with Gasteiger partial charge in [0, 0.05) is 11.6 Å². The Morgan fingerprint density at radius 3 is 2.62 bits per heavy atom. The lowest BCUT2D eigenvalue weighted by molar-refractivity contribution is 0.979. The summed E-state index contributed by atoms with van der Waals surface area (Å²) in [5.74, 6) is 0. The highest BCUT2D eigenvalue weighted by molar-refractivity contribution is 6.29. The van der Waals surface area contributed by atoms with Crippen molar-refractivity contribution in [1.82, 2.24) is 0 Å². The number of rotatable bonds is 4. The van der Waals surface area contributed by atoms with Gasteiger partial charge in [0.15, 0.2) is 0 Å². The summed E-state index contributed by atoms with van der Waals surface area (Å²) in [4.78, 5) is 0. The van der Waals surface area contributed by atoms with Crippen molar-refractivity contribution in [3.8, 4) is 0 Å². The van der Waals surface area contributed by atoms with Gasteiger partial charge in [0.25, 0.3) is 0 Å². The third kappa shape index (κ3) is 4.11. The lowest BCUT2D eigenvalue weighted by Crippen LogP contribution is -1.94. The molecule has 0 aliphatic heterocycles. The second-order valence-electron chi connectivity index (χ2n) is 2.87.